The molecule has 2 aromatic heterocycles. The lowest BCUT2D eigenvalue weighted by atomic mass is 10.1. The van der Waals surface area contributed by atoms with E-state index >= 15 is 0 Å². The van der Waals surface area contributed by atoms with Crippen LogP contribution >= 0.6 is 0 Å². The normalized spacial score (nSPS) is 11.9. The third-order valence-electron chi connectivity index (χ3n) is 3.44. The Balaban J connectivity index is 1.72. The molecule has 1 atom stereocenters. The number of nitrogens with one attached hydrogen (secondary N) is 2. The molecule has 5 nitrogen and oxygen atoms in total. The monoisotopic (exact) mass is 310 g/mol. The molecule has 0 aliphatic rings. The van der Waals surface area contributed by atoms with Crippen LogP contribution in [-0.4, -0.2) is 21.1 Å². The van der Waals surface area contributed by atoms with E-state index in [2.05, 4.69) is 20.5 Å². The van der Waals surface area contributed by atoms with Crippen LogP contribution in [0.4, 0.5) is 4.39 Å². The zero-order valence-corrected chi connectivity index (χ0v) is 12.5. The molecule has 0 radical (unpaired) electrons. The first-order valence-electron chi connectivity index (χ1n) is 7.16. The molecule has 116 valence electrons. The minimum atomic E-state index is -0.313. The first-order chi connectivity index (χ1) is 11.1. The number of H-pyrrole nitrogens is 1. The Labute approximate surface area is 132 Å². The fraction of sp³-hybridized carbons (Fsp3) is 0.118. The van der Waals surface area contributed by atoms with Gasteiger partial charge < -0.3 is 5.32 Å². The number of rotatable bonds is 4. The third kappa shape index (κ3) is 3.42. The van der Waals surface area contributed by atoms with Crippen molar-refractivity contribution in [2.75, 3.05) is 0 Å². The Bertz CT molecular complexity index is 799. The molecule has 0 spiro atoms. The van der Waals surface area contributed by atoms with Gasteiger partial charge in [0.25, 0.3) is 5.91 Å². The molecule has 0 bridgehead atoms. The second kappa shape index (κ2) is 6.39. The minimum absolute atomic E-state index is 0.221. The van der Waals surface area contributed by atoms with Gasteiger partial charge in [0.1, 0.15) is 11.5 Å². The molecule has 1 amide bonds. The predicted octanol–water partition coefficient (Wildman–Crippen LogP) is 3.10. The Morgan fingerprint density at radius 2 is 2.00 bits per heavy atom. The van der Waals surface area contributed by atoms with Crippen LogP contribution in [0, 0.1) is 5.82 Å². The average molecular weight is 310 g/mol. The predicted molar refractivity (Wildman–Crippen MR) is 84.1 cm³/mol. The van der Waals surface area contributed by atoms with Crippen molar-refractivity contribution in [1.82, 2.24) is 20.5 Å². The minimum Gasteiger partial charge on any atom is -0.343 e. The molecule has 0 saturated carbocycles. The summed E-state index contributed by atoms with van der Waals surface area (Å²) in [5.41, 5.74) is 2.44. The van der Waals surface area contributed by atoms with Gasteiger partial charge in [0, 0.05) is 11.8 Å². The van der Waals surface area contributed by atoms with Gasteiger partial charge in [0.05, 0.1) is 17.4 Å². The number of halogens is 1. The van der Waals surface area contributed by atoms with Crippen LogP contribution in [0.3, 0.4) is 0 Å². The van der Waals surface area contributed by atoms with Crippen LogP contribution in [-0.2, 0) is 0 Å². The van der Waals surface area contributed by atoms with E-state index in [1.165, 1.54) is 12.1 Å². The highest BCUT2D eigenvalue weighted by Crippen LogP contribution is 2.18. The van der Waals surface area contributed by atoms with E-state index in [9.17, 15) is 9.18 Å². The van der Waals surface area contributed by atoms with Crippen LogP contribution < -0.4 is 5.32 Å². The van der Waals surface area contributed by atoms with Gasteiger partial charge in [-0.05, 0) is 49.4 Å². The van der Waals surface area contributed by atoms with Crippen molar-refractivity contribution >= 4 is 5.91 Å². The number of benzene rings is 1. The van der Waals surface area contributed by atoms with Crippen LogP contribution in [0.1, 0.15) is 29.1 Å². The van der Waals surface area contributed by atoms with Gasteiger partial charge in [-0.2, -0.15) is 5.10 Å². The van der Waals surface area contributed by atoms with Crippen LogP contribution in [0.15, 0.2) is 54.7 Å². The van der Waals surface area contributed by atoms with E-state index < -0.39 is 0 Å². The Morgan fingerprint density at radius 1 is 1.22 bits per heavy atom. The van der Waals surface area contributed by atoms with E-state index in [0.29, 0.717) is 11.4 Å². The highest BCUT2D eigenvalue weighted by atomic mass is 19.1. The van der Waals surface area contributed by atoms with Gasteiger partial charge in [-0.25, -0.2) is 4.39 Å². The lowest BCUT2D eigenvalue weighted by molar-refractivity contribution is 0.0934. The van der Waals surface area contributed by atoms with E-state index in [1.807, 2.05) is 25.1 Å². The maximum absolute atomic E-state index is 12.9. The number of nitrogens with zero attached hydrogens (tertiary/aromatic N) is 2. The maximum Gasteiger partial charge on any atom is 0.269 e. The summed E-state index contributed by atoms with van der Waals surface area (Å²) in [6.07, 6.45) is 1.68. The van der Waals surface area contributed by atoms with Crippen molar-refractivity contribution in [2.24, 2.45) is 0 Å². The highest BCUT2D eigenvalue weighted by Gasteiger charge is 2.15. The molecule has 0 fully saturated rings. The van der Waals surface area contributed by atoms with Crippen LogP contribution in [0.2, 0.25) is 0 Å². The number of carbonyl (C=O) groups is 1. The second-order valence-corrected chi connectivity index (χ2v) is 5.12. The first kappa shape index (κ1) is 14.9. The number of hydrogen-bond acceptors (Lipinski definition) is 3. The van der Waals surface area contributed by atoms with Crippen LogP contribution in [0.25, 0.3) is 11.3 Å². The summed E-state index contributed by atoms with van der Waals surface area (Å²) in [4.78, 5) is 16.5. The van der Waals surface area contributed by atoms with Crippen molar-refractivity contribution in [2.45, 2.75) is 13.0 Å². The van der Waals surface area contributed by atoms with E-state index in [-0.39, 0.29) is 17.8 Å². The molecule has 23 heavy (non-hydrogen) atoms. The lowest BCUT2D eigenvalue weighted by Crippen LogP contribution is -2.27. The molecule has 0 saturated heterocycles. The van der Waals surface area contributed by atoms with Crippen molar-refractivity contribution < 1.29 is 9.18 Å². The molecule has 3 rings (SSSR count). The quantitative estimate of drug-likeness (QED) is 0.778. The first-order valence-corrected chi connectivity index (χ1v) is 7.16. The van der Waals surface area contributed by atoms with E-state index in [0.717, 1.165) is 11.3 Å². The standard InChI is InChI=1S/C17H15FN4O/c1-11(14-4-2-3-9-19-14)20-17(23)16-10-15(21-22-16)12-5-7-13(18)8-6-12/h2-11H,1H3,(H,20,23)(H,21,22). The molecule has 2 heterocycles. The van der Waals surface area contributed by atoms with Gasteiger partial charge in [0.15, 0.2) is 0 Å². The van der Waals surface area contributed by atoms with E-state index in [1.54, 1.807) is 24.4 Å². The molecule has 3 aromatic rings. The molecule has 1 aromatic carbocycles. The summed E-state index contributed by atoms with van der Waals surface area (Å²) < 4.78 is 12.9. The second-order valence-electron chi connectivity index (χ2n) is 5.12. The number of aromatic amines is 1. The van der Waals surface area contributed by atoms with E-state index in [4.69, 9.17) is 0 Å². The molecule has 2 N–H and O–H groups in total. The molecule has 0 aliphatic carbocycles. The van der Waals surface area contributed by atoms with Crippen LogP contribution in [0.5, 0.6) is 0 Å². The largest absolute Gasteiger partial charge is 0.343 e. The third-order valence-corrected chi connectivity index (χ3v) is 3.44. The molecular weight excluding hydrogens is 295 g/mol. The maximum atomic E-state index is 12.9. The summed E-state index contributed by atoms with van der Waals surface area (Å²) in [6.45, 7) is 1.86. The molecule has 1 unspecified atom stereocenters. The molecular formula is C17H15FN4O. The van der Waals surface area contributed by atoms with Gasteiger partial charge in [-0.3, -0.25) is 14.9 Å². The molecule has 0 aliphatic heterocycles. The van der Waals surface area contributed by atoms with Crippen molar-refractivity contribution in [1.29, 1.82) is 0 Å². The van der Waals surface area contributed by atoms with Gasteiger partial charge in [-0.1, -0.05) is 6.07 Å². The number of pyridine rings is 1. The molecule has 6 heteroatoms. The summed E-state index contributed by atoms with van der Waals surface area (Å²) >= 11 is 0. The van der Waals surface area contributed by atoms with Gasteiger partial charge >= 0.3 is 0 Å². The highest BCUT2D eigenvalue weighted by molar-refractivity contribution is 5.93. The van der Waals surface area contributed by atoms with Crippen molar-refractivity contribution in [3.8, 4) is 11.3 Å². The summed E-state index contributed by atoms with van der Waals surface area (Å²) in [7, 11) is 0. The number of hydrogen-bond donors (Lipinski definition) is 2. The topological polar surface area (TPSA) is 70.7 Å². The van der Waals surface area contributed by atoms with Gasteiger partial charge in [0.2, 0.25) is 0 Å². The Morgan fingerprint density at radius 3 is 2.70 bits per heavy atom. The number of aromatic nitrogens is 3. The summed E-state index contributed by atoms with van der Waals surface area (Å²) in [6, 6.07) is 12.9. The Kier molecular flexibility index (Phi) is 4.14. The number of amides is 1. The fourth-order valence-corrected chi connectivity index (χ4v) is 2.19. The summed E-state index contributed by atoms with van der Waals surface area (Å²) in [5.74, 6) is -0.588. The zero-order valence-electron chi connectivity index (χ0n) is 12.5. The van der Waals surface area contributed by atoms with Crippen molar-refractivity contribution in [3.63, 3.8) is 0 Å². The average Bonchev–Trinajstić information content (AvgIpc) is 3.06. The van der Waals surface area contributed by atoms with Gasteiger partial charge in [-0.15, -0.1) is 0 Å². The zero-order chi connectivity index (χ0) is 16.2. The summed E-state index contributed by atoms with van der Waals surface area (Å²) in [5, 5.41) is 9.65. The van der Waals surface area contributed by atoms with Crippen molar-refractivity contribution in [3.05, 3.63) is 71.9 Å². The lowest BCUT2D eigenvalue weighted by Gasteiger charge is -2.12. The smallest absolute Gasteiger partial charge is 0.269 e. The number of carbonyl (C=O) groups excluding carboxylic acids is 1. The SMILES string of the molecule is CC(NC(=O)c1cc(-c2ccc(F)cc2)n[nH]1)c1ccccn1. The Hall–Kier alpha value is -3.02. The fourth-order valence-electron chi connectivity index (χ4n) is 2.19.